The smallest absolute Gasteiger partial charge is 0.308 e. The minimum atomic E-state index is -0.362. The molecule has 0 saturated heterocycles. The Bertz CT molecular complexity index is 1090. The highest BCUT2D eigenvalue weighted by atomic mass is 35.5. The second-order valence-corrected chi connectivity index (χ2v) is 5.89. The molecule has 0 spiro atoms. The van der Waals surface area contributed by atoms with Crippen molar-refractivity contribution in [3.63, 3.8) is 0 Å². The van der Waals surface area contributed by atoms with E-state index < -0.39 is 0 Å². The van der Waals surface area contributed by atoms with Crippen LogP contribution in [0.15, 0.2) is 54.7 Å². The molecule has 2 aromatic carbocycles. The Labute approximate surface area is 143 Å². The number of hydrogen-bond donors (Lipinski definition) is 1. The summed E-state index contributed by atoms with van der Waals surface area (Å²) < 4.78 is 5.35. The maximum absolute atomic E-state index is 11.4. The molecular formula is C19H13ClN2O2. The van der Waals surface area contributed by atoms with Crippen molar-refractivity contribution in [2.45, 2.75) is 6.92 Å². The number of H-pyrrole nitrogens is 1. The molecular weight excluding hydrogens is 324 g/mol. The van der Waals surface area contributed by atoms with E-state index in [0.717, 1.165) is 33.1 Å². The number of para-hydroxylation sites is 1. The number of esters is 1. The Balaban J connectivity index is 1.98. The van der Waals surface area contributed by atoms with Crippen LogP contribution in [-0.2, 0) is 4.79 Å². The van der Waals surface area contributed by atoms with Crippen LogP contribution in [0.4, 0.5) is 0 Å². The first-order chi connectivity index (χ1) is 11.6. The highest BCUT2D eigenvalue weighted by Crippen LogP contribution is 2.36. The van der Waals surface area contributed by atoms with Gasteiger partial charge in [0.1, 0.15) is 5.75 Å². The van der Waals surface area contributed by atoms with Crippen LogP contribution in [0.5, 0.6) is 5.75 Å². The first-order valence-corrected chi connectivity index (χ1v) is 7.85. The van der Waals surface area contributed by atoms with Crippen molar-refractivity contribution in [3.8, 4) is 17.0 Å². The number of aromatic amines is 1. The van der Waals surface area contributed by atoms with Crippen LogP contribution in [0.2, 0.25) is 5.02 Å². The molecule has 2 heterocycles. The zero-order valence-corrected chi connectivity index (χ0v) is 13.6. The van der Waals surface area contributed by atoms with Crippen molar-refractivity contribution in [2.24, 2.45) is 0 Å². The number of pyridine rings is 1. The van der Waals surface area contributed by atoms with Crippen LogP contribution in [-0.4, -0.2) is 15.9 Å². The first kappa shape index (κ1) is 14.7. The molecule has 4 nitrogen and oxygen atoms in total. The lowest BCUT2D eigenvalue weighted by molar-refractivity contribution is -0.131. The molecule has 0 atom stereocenters. The summed E-state index contributed by atoms with van der Waals surface area (Å²) in [5.74, 6) is 0.140. The van der Waals surface area contributed by atoms with Crippen molar-refractivity contribution >= 4 is 39.4 Å². The van der Waals surface area contributed by atoms with E-state index in [0.29, 0.717) is 10.8 Å². The van der Waals surface area contributed by atoms with Gasteiger partial charge in [0.15, 0.2) is 0 Å². The molecule has 2 aromatic heterocycles. The molecule has 0 aliphatic carbocycles. The predicted octanol–water partition coefficient (Wildman–Crippen LogP) is 4.96. The van der Waals surface area contributed by atoms with E-state index in [2.05, 4.69) is 4.98 Å². The fraction of sp³-hybridized carbons (Fsp3) is 0.0526. The summed E-state index contributed by atoms with van der Waals surface area (Å²) in [5, 5.41) is 2.35. The van der Waals surface area contributed by atoms with Gasteiger partial charge in [-0.25, -0.2) is 4.98 Å². The Morgan fingerprint density at radius 1 is 1.17 bits per heavy atom. The molecule has 0 bridgehead atoms. The predicted molar refractivity (Wildman–Crippen MR) is 95.4 cm³/mol. The molecule has 4 rings (SSSR count). The topological polar surface area (TPSA) is 55.0 Å². The first-order valence-electron chi connectivity index (χ1n) is 7.47. The average molecular weight is 337 g/mol. The minimum absolute atomic E-state index is 0.362. The van der Waals surface area contributed by atoms with Crippen molar-refractivity contribution in [1.82, 2.24) is 9.97 Å². The number of nitrogens with one attached hydrogen (secondary N) is 1. The molecule has 0 aliphatic heterocycles. The van der Waals surface area contributed by atoms with Crippen LogP contribution in [0.25, 0.3) is 33.1 Å². The van der Waals surface area contributed by atoms with Gasteiger partial charge >= 0.3 is 5.97 Å². The number of ether oxygens (including phenoxy) is 1. The van der Waals surface area contributed by atoms with Gasteiger partial charge < -0.3 is 9.72 Å². The standard InChI is InChI=1S/C19H13ClN2O2/c1-11(23)24-18-8-4-7-16-19(18)13(10-21-16)17-9-14(20)12-5-2-3-6-15(12)22-17/h2-10,21H,1H3. The normalized spacial score (nSPS) is 11.1. The van der Waals surface area contributed by atoms with E-state index in [-0.39, 0.29) is 5.97 Å². The van der Waals surface area contributed by atoms with Gasteiger partial charge in [-0.3, -0.25) is 4.79 Å². The fourth-order valence-electron chi connectivity index (χ4n) is 2.86. The lowest BCUT2D eigenvalue weighted by atomic mass is 10.1. The summed E-state index contributed by atoms with van der Waals surface area (Å²) in [4.78, 5) is 19.3. The SMILES string of the molecule is CC(=O)Oc1cccc2[nH]cc(-c3cc(Cl)c4ccccc4n3)c12. The van der Waals surface area contributed by atoms with Gasteiger partial charge in [0.25, 0.3) is 0 Å². The second kappa shape index (κ2) is 5.65. The van der Waals surface area contributed by atoms with E-state index in [9.17, 15) is 4.79 Å². The maximum Gasteiger partial charge on any atom is 0.308 e. The Kier molecular flexibility index (Phi) is 3.47. The molecule has 1 N–H and O–H groups in total. The van der Waals surface area contributed by atoms with Crippen LogP contribution in [0.1, 0.15) is 6.92 Å². The number of halogens is 1. The number of benzene rings is 2. The van der Waals surface area contributed by atoms with Gasteiger partial charge in [0.05, 0.1) is 21.6 Å². The average Bonchev–Trinajstić information content (AvgIpc) is 2.99. The zero-order chi connectivity index (χ0) is 16.7. The summed E-state index contributed by atoms with van der Waals surface area (Å²) in [5.41, 5.74) is 3.26. The van der Waals surface area contributed by atoms with Crippen molar-refractivity contribution in [2.75, 3.05) is 0 Å². The highest BCUT2D eigenvalue weighted by Gasteiger charge is 2.15. The van der Waals surface area contributed by atoms with Crippen molar-refractivity contribution in [1.29, 1.82) is 0 Å². The minimum Gasteiger partial charge on any atom is -0.426 e. The Hall–Kier alpha value is -2.85. The zero-order valence-electron chi connectivity index (χ0n) is 12.8. The van der Waals surface area contributed by atoms with E-state index in [1.807, 2.05) is 48.7 Å². The van der Waals surface area contributed by atoms with Gasteiger partial charge in [-0.1, -0.05) is 35.9 Å². The number of aromatic nitrogens is 2. The van der Waals surface area contributed by atoms with E-state index in [4.69, 9.17) is 21.3 Å². The number of carbonyl (C=O) groups is 1. The van der Waals surface area contributed by atoms with Gasteiger partial charge in [-0.2, -0.15) is 0 Å². The van der Waals surface area contributed by atoms with Gasteiger partial charge in [0.2, 0.25) is 0 Å². The summed E-state index contributed by atoms with van der Waals surface area (Å²) in [6.07, 6.45) is 1.85. The largest absolute Gasteiger partial charge is 0.426 e. The summed E-state index contributed by atoms with van der Waals surface area (Å²) >= 11 is 6.42. The second-order valence-electron chi connectivity index (χ2n) is 5.48. The molecule has 0 radical (unpaired) electrons. The number of fused-ring (bicyclic) bond motifs is 2. The van der Waals surface area contributed by atoms with Gasteiger partial charge in [-0.15, -0.1) is 0 Å². The third kappa shape index (κ3) is 2.41. The lowest BCUT2D eigenvalue weighted by Gasteiger charge is -2.07. The molecule has 0 unspecified atom stereocenters. The highest BCUT2D eigenvalue weighted by molar-refractivity contribution is 6.35. The summed E-state index contributed by atoms with van der Waals surface area (Å²) in [6, 6.07) is 15.1. The molecule has 0 saturated carbocycles. The third-order valence-electron chi connectivity index (χ3n) is 3.86. The molecule has 5 heteroatoms. The van der Waals surface area contributed by atoms with E-state index in [1.54, 1.807) is 6.07 Å². The van der Waals surface area contributed by atoms with E-state index in [1.165, 1.54) is 6.92 Å². The summed E-state index contributed by atoms with van der Waals surface area (Å²) in [6.45, 7) is 1.39. The van der Waals surface area contributed by atoms with Crippen LogP contribution >= 0.6 is 11.6 Å². The molecule has 118 valence electrons. The van der Waals surface area contributed by atoms with E-state index >= 15 is 0 Å². The molecule has 24 heavy (non-hydrogen) atoms. The Morgan fingerprint density at radius 2 is 2.00 bits per heavy atom. The van der Waals surface area contributed by atoms with Gasteiger partial charge in [0, 0.05) is 29.6 Å². The summed E-state index contributed by atoms with van der Waals surface area (Å²) in [7, 11) is 0. The van der Waals surface area contributed by atoms with Crippen molar-refractivity contribution < 1.29 is 9.53 Å². The third-order valence-corrected chi connectivity index (χ3v) is 4.18. The fourth-order valence-corrected chi connectivity index (χ4v) is 3.13. The molecule has 0 aliphatic rings. The molecule has 0 fully saturated rings. The number of carbonyl (C=O) groups excluding carboxylic acids is 1. The number of hydrogen-bond acceptors (Lipinski definition) is 3. The van der Waals surface area contributed by atoms with Gasteiger partial charge in [-0.05, 0) is 24.3 Å². The molecule has 4 aromatic rings. The quantitative estimate of drug-likeness (QED) is 0.415. The Morgan fingerprint density at radius 3 is 2.83 bits per heavy atom. The lowest BCUT2D eigenvalue weighted by Crippen LogP contribution is -2.01. The van der Waals surface area contributed by atoms with Crippen LogP contribution in [0.3, 0.4) is 0 Å². The number of nitrogens with zero attached hydrogens (tertiary/aromatic N) is 1. The monoisotopic (exact) mass is 336 g/mol. The maximum atomic E-state index is 11.4. The van der Waals surface area contributed by atoms with Crippen LogP contribution < -0.4 is 4.74 Å². The number of rotatable bonds is 2. The van der Waals surface area contributed by atoms with Crippen molar-refractivity contribution in [3.05, 3.63) is 59.8 Å². The van der Waals surface area contributed by atoms with Crippen LogP contribution in [0, 0.1) is 0 Å². The molecule has 0 amide bonds.